The standard InChI is InChI=1S/C20H24N2O6S/c1-4-27-17-10-12-18(13-11-17)29(25,26)22-14(3)19(23)21-16-8-6-15(7-9-16)20(24)28-5-2/h6-14,22H,4-5H2,1-3H3,(H,21,23)/t14-/m1/s1. The van der Waals surface area contributed by atoms with Gasteiger partial charge in [0.2, 0.25) is 15.9 Å². The number of anilines is 1. The van der Waals surface area contributed by atoms with Gasteiger partial charge in [-0.2, -0.15) is 4.72 Å². The van der Waals surface area contributed by atoms with Gasteiger partial charge in [-0.05, 0) is 69.3 Å². The molecule has 2 aromatic carbocycles. The van der Waals surface area contributed by atoms with Gasteiger partial charge in [-0.1, -0.05) is 0 Å². The summed E-state index contributed by atoms with van der Waals surface area (Å²) in [4.78, 5) is 24.0. The molecule has 2 rings (SSSR count). The summed E-state index contributed by atoms with van der Waals surface area (Å²) in [6.45, 7) is 5.72. The molecule has 0 aliphatic rings. The summed E-state index contributed by atoms with van der Waals surface area (Å²) in [5.41, 5.74) is 0.782. The second-order valence-electron chi connectivity index (χ2n) is 6.03. The molecule has 0 bridgehead atoms. The lowest BCUT2D eigenvalue weighted by atomic mass is 10.2. The minimum atomic E-state index is -3.88. The van der Waals surface area contributed by atoms with Crippen molar-refractivity contribution in [3.8, 4) is 5.75 Å². The van der Waals surface area contributed by atoms with Crippen molar-refractivity contribution in [2.45, 2.75) is 31.7 Å². The van der Waals surface area contributed by atoms with Gasteiger partial charge in [0, 0.05) is 5.69 Å². The molecule has 29 heavy (non-hydrogen) atoms. The van der Waals surface area contributed by atoms with Crippen molar-refractivity contribution in [3.05, 3.63) is 54.1 Å². The molecule has 0 fully saturated rings. The van der Waals surface area contributed by atoms with Gasteiger partial charge in [-0.3, -0.25) is 4.79 Å². The van der Waals surface area contributed by atoms with Crippen molar-refractivity contribution in [3.63, 3.8) is 0 Å². The molecular weight excluding hydrogens is 396 g/mol. The molecule has 0 aliphatic carbocycles. The summed E-state index contributed by atoms with van der Waals surface area (Å²) in [5.74, 6) is -0.436. The van der Waals surface area contributed by atoms with Gasteiger partial charge in [-0.15, -0.1) is 0 Å². The number of amides is 1. The lowest BCUT2D eigenvalue weighted by Gasteiger charge is -2.15. The maximum Gasteiger partial charge on any atom is 0.338 e. The molecule has 2 N–H and O–H groups in total. The predicted octanol–water partition coefficient (Wildman–Crippen LogP) is 2.57. The Morgan fingerprint density at radius 3 is 2.14 bits per heavy atom. The molecule has 156 valence electrons. The van der Waals surface area contributed by atoms with E-state index in [0.29, 0.717) is 23.6 Å². The van der Waals surface area contributed by atoms with Crippen LogP contribution in [0.5, 0.6) is 5.75 Å². The molecule has 1 atom stereocenters. The van der Waals surface area contributed by atoms with E-state index < -0.39 is 27.9 Å². The van der Waals surface area contributed by atoms with Crippen LogP contribution in [-0.2, 0) is 19.6 Å². The number of sulfonamides is 1. The Balaban J connectivity index is 1.99. The third kappa shape index (κ3) is 6.30. The Morgan fingerprint density at radius 1 is 0.966 bits per heavy atom. The summed E-state index contributed by atoms with van der Waals surface area (Å²) in [5, 5.41) is 2.60. The number of carbonyl (C=O) groups excluding carboxylic acids is 2. The molecule has 0 aliphatic heterocycles. The minimum absolute atomic E-state index is 0.0272. The first-order chi connectivity index (χ1) is 13.8. The van der Waals surface area contributed by atoms with E-state index in [1.54, 1.807) is 19.1 Å². The fourth-order valence-electron chi connectivity index (χ4n) is 2.39. The summed E-state index contributed by atoms with van der Waals surface area (Å²) in [6, 6.07) is 11.0. The molecule has 0 heterocycles. The normalized spacial score (nSPS) is 12.1. The second kappa shape index (κ2) is 10.0. The fourth-order valence-corrected chi connectivity index (χ4v) is 3.59. The van der Waals surface area contributed by atoms with E-state index in [-0.39, 0.29) is 11.5 Å². The maximum absolute atomic E-state index is 12.5. The number of benzene rings is 2. The summed E-state index contributed by atoms with van der Waals surface area (Å²) in [7, 11) is -3.88. The van der Waals surface area contributed by atoms with Crippen LogP contribution in [0.4, 0.5) is 5.69 Å². The van der Waals surface area contributed by atoms with Crippen molar-refractivity contribution in [2.75, 3.05) is 18.5 Å². The van der Waals surface area contributed by atoms with Gasteiger partial charge in [0.25, 0.3) is 0 Å². The number of ether oxygens (including phenoxy) is 2. The molecule has 9 heteroatoms. The molecular formula is C20H24N2O6S. The second-order valence-corrected chi connectivity index (χ2v) is 7.75. The number of hydrogen-bond acceptors (Lipinski definition) is 6. The number of nitrogens with one attached hydrogen (secondary N) is 2. The summed E-state index contributed by atoms with van der Waals surface area (Å²) >= 11 is 0. The van der Waals surface area contributed by atoms with E-state index in [4.69, 9.17) is 9.47 Å². The quantitative estimate of drug-likeness (QED) is 0.603. The third-order valence-corrected chi connectivity index (χ3v) is 5.39. The van der Waals surface area contributed by atoms with Crippen LogP contribution in [0.1, 0.15) is 31.1 Å². The summed E-state index contributed by atoms with van der Waals surface area (Å²) < 4.78 is 37.5. The van der Waals surface area contributed by atoms with Gasteiger partial charge >= 0.3 is 5.97 Å². The average Bonchev–Trinajstić information content (AvgIpc) is 2.69. The van der Waals surface area contributed by atoms with E-state index in [1.165, 1.54) is 43.3 Å². The highest BCUT2D eigenvalue weighted by atomic mass is 32.2. The fraction of sp³-hybridized carbons (Fsp3) is 0.300. The Hall–Kier alpha value is -2.91. The third-order valence-electron chi connectivity index (χ3n) is 3.83. The molecule has 8 nitrogen and oxygen atoms in total. The molecule has 0 saturated heterocycles. The van der Waals surface area contributed by atoms with Gasteiger partial charge in [0.1, 0.15) is 5.75 Å². The van der Waals surface area contributed by atoms with Crippen molar-refractivity contribution in [1.29, 1.82) is 0 Å². The van der Waals surface area contributed by atoms with Crippen LogP contribution in [0, 0.1) is 0 Å². The van der Waals surface area contributed by atoms with Crippen LogP contribution in [-0.4, -0.2) is 39.5 Å². The average molecular weight is 420 g/mol. The lowest BCUT2D eigenvalue weighted by molar-refractivity contribution is -0.117. The van der Waals surface area contributed by atoms with E-state index in [1.807, 2.05) is 6.92 Å². The molecule has 0 radical (unpaired) electrons. The Bertz CT molecular complexity index is 940. The SMILES string of the molecule is CCOC(=O)c1ccc(NC(=O)[C@@H](C)NS(=O)(=O)c2ccc(OCC)cc2)cc1. The largest absolute Gasteiger partial charge is 0.494 e. The highest BCUT2D eigenvalue weighted by Crippen LogP contribution is 2.16. The first kappa shape index (κ1) is 22.4. The number of rotatable bonds is 9. The zero-order chi connectivity index (χ0) is 21.4. The lowest BCUT2D eigenvalue weighted by Crippen LogP contribution is -2.41. The van der Waals surface area contributed by atoms with Crippen LogP contribution in [0.2, 0.25) is 0 Å². The van der Waals surface area contributed by atoms with E-state index in [0.717, 1.165) is 0 Å². The van der Waals surface area contributed by atoms with Crippen molar-refractivity contribution < 1.29 is 27.5 Å². The molecule has 0 unspecified atom stereocenters. The topological polar surface area (TPSA) is 111 Å². The van der Waals surface area contributed by atoms with Gasteiger partial charge in [0.05, 0.1) is 29.7 Å². The zero-order valence-corrected chi connectivity index (χ0v) is 17.3. The van der Waals surface area contributed by atoms with Crippen LogP contribution in [0.3, 0.4) is 0 Å². The first-order valence-corrected chi connectivity index (χ1v) is 10.6. The molecule has 0 saturated carbocycles. The van der Waals surface area contributed by atoms with E-state index in [2.05, 4.69) is 10.0 Å². The Kier molecular flexibility index (Phi) is 7.74. The van der Waals surface area contributed by atoms with Gasteiger partial charge in [-0.25, -0.2) is 13.2 Å². The molecule has 1 amide bonds. The van der Waals surface area contributed by atoms with Crippen LogP contribution in [0.15, 0.2) is 53.4 Å². The molecule has 2 aromatic rings. The molecule has 0 spiro atoms. The zero-order valence-electron chi connectivity index (χ0n) is 16.5. The van der Waals surface area contributed by atoms with Crippen LogP contribution < -0.4 is 14.8 Å². The molecule has 0 aromatic heterocycles. The van der Waals surface area contributed by atoms with Crippen molar-refractivity contribution in [1.82, 2.24) is 4.72 Å². The van der Waals surface area contributed by atoms with E-state index >= 15 is 0 Å². The number of hydrogen-bond donors (Lipinski definition) is 2. The maximum atomic E-state index is 12.5. The van der Waals surface area contributed by atoms with Crippen LogP contribution in [0.25, 0.3) is 0 Å². The number of carbonyl (C=O) groups is 2. The Morgan fingerprint density at radius 2 is 1.59 bits per heavy atom. The minimum Gasteiger partial charge on any atom is -0.494 e. The van der Waals surface area contributed by atoms with Gasteiger partial charge < -0.3 is 14.8 Å². The highest BCUT2D eigenvalue weighted by molar-refractivity contribution is 7.89. The van der Waals surface area contributed by atoms with E-state index in [9.17, 15) is 18.0 Å². The first-order valence-electron chi connectivity index (χ1n) is 9.10. The highest BCUT2D eigenvalue weighted by Gasteiger charge is 2.22. The van der Waals surface area contributed by atoms with Crippen molar-refractivity contribution in [2.24, 2.45) is 0 Å². The Labute approximate surface area is 170 Å². The predicted molar refractivity (Wildman–Crippen MR) is 108 cm³/mol. The number of esters is 1. The summed E-state index contributed by atoms with van der Waals surface area (Å²) in [6.07, 6.45) is 0. The van der Waals surface area contributed by atoms with Crippen LogP contribution >= 0.6 is 0 Å². The monoisotopic (exact) mass is 420 g/mol. The van der Waals surface area contributed by atoms with Crippen molar-refractivity contribution >= 4 is 27.6 Å². The van der Waals surface area contributed by atoms with Gasteiger partial charge in [0.15, 0.2) is 0 Å². The smallest absolute Gasteiger partial charge is 0.338 e.